The van der Waals surface area contributed by atoms with Crippen molar-refractivity contribution in [2.24, 2.45) is 0 Å². The van der Waals surface area contributed by atoms with Gasteiger partial charge in [-0.05, 0) is 62.2 Å². The van der Waals surface area contributed by atoms with Gasteiger partial charge in [0.1, 0.15) is 6.54 Å². The monoisotopic (exact) mass is 482 g/mol. The summed E-state index contributed by atoms with van der Waals surface area (Å²) in [5.74, 6) is 0.700. The van der Waals surface area contributed by atoms with E-state index >= 15 is 0 Å². The molecule has 180 valence electrons. The molecule has 1 atom stereocenters. The highest BCUT2D eigenvalue weighted by Gasteiger charge is 2.28. The Morgan fingerprint density at radius 2 is 1.62 bits per heavy atom. The second-order valence-electron chi connectivity index (χ2n) is 8.02. The number of carbonyl (C=O) groups excluding carboxylic acids is 1. The van der Waals surface area contributed by atoms with Crippen molar-refractivity contribution >= 4 is 21.6 Å². The van der Waals surface area contributed by atoms with Crippen LogP contribution in [0.1, 0.15) is 29.7 Å². The number of sulfonamides is 1. The van der Waals surface area contributed by atoms with Gasteiger partial charge in [-0.25, -0.2) is 8.42 Å². The van der Waals surface area contributed by atoms with Crippen LogP contribution in [0.25, 0.3) is 0 Å². The van der Waals surface area contributed by atoms with E-state index in [4.69, 9.17) is 9.47 Å². The second-order valence-corrected chi connectivity index (χ2v) is 9.88. The Morgan fingerprint density at radius 3 is 2.24 bits per heavy atom. The standard InChI is InChI=1S/C26H30N2O5S/c1-18-11-13-23(19(2)15-18)28(34(30,31)22-9-7-6-8-10-22)17-26(29)27-20(3)21-12-14-24(32-4)25(16-21)33-5/h6-16,20H,17H2,1-5H3,(H,27,29)/t20-/m0/s1. The van der Waals surface area contributed by atoms with Gasteiger partial charge in [-0.2, -0.15) is 0 Å². The average Bonchev–Trinajstić information content (AvgIpc) is 2.83. The number of nitrogens with one attached hydrogen (secondary N) is 1. The molecule has 0 saturated heterocycles. The third-order valence-electron chi connectivity index (χ3n) is 5.52. The number of rotatable bonds is 9. The molecule has 0 aliphatic rings. The summed E-state index contributed by atoms with van der Waals surface area (Å²) >= 11 is 0. The number of amides is 1. The number of methoxy groups -OCH3 is 2. The Morgan fingerprint density at radius 1 is 0.941 bits per heavy atom. The van der Waals surface area contributed by atoms with Gasteiger partial charge >= 0.3 is 0 Å². The Hall–Kier alpha value is -3.52. The number of anilines is 1. The highest BCUT2D eigenvalue weighted by atomic mass is 32.2. The number of benzene rings is 3. The van der Waals surface area contributed by atoms with Crippen LogP contribution in [0.2, 0.25) is 0 Å². The summed E-state index contributed by atoms with van der Waals surface area (Å²) in [6.07, 6.45) is 0. The van der Waals surface area contributed by atoms with Crippen LogP contribution in [-0.4, -0.2) is 35.1 Å². The first-order valence-electron chi connectivity index (χ1n) is 10.8. The fraction of sp³-hybridized carbons (Fsp3) is 0.269. The Balaban J connectivity index is 1.90. The highest BCUT2D eigenvalue weighted by Crippen LogP contribution is 2.30. The van der Waals surface area contributed by atoms with Crippen LogP contribution in [0, 0.1) is 13.8 Å². The Labute approximate surface area is 201 Å². The van der Waals surface area contributed by atoms with E-state index in [1.807, 2.05) is 39.0 Å². The third kappa shape index (κ3) is 5.51. The van der Waals surface area contributed by atoms with E-state index < -0.39 is 15.9 Å². The van der Waals surface area contributed by atoms with Gasteiger partial charge in [0.2, 0.25) is 5.91 Å². The van der Waals surface area contributed by atoms with Crippen LogP contribution >= 0.6 is 0 Å². The SMILES string of the molecule is COc1ccc([C@H](C)NC(=O)CN(c2ccc(C)cc2C)S(=O)(=O)c2ccccc2)cc1OC. The van der Waals surface area contributed by atoms with Gasteiger partial charge in [0.15, 0.2) is 11.5 Å². The molecule has 0 radical (unpaired) electrons. The van der Waals surface area contributed by atoms with E-state index in [1.54, 1.807) is 50.6 Å². The van der Waals surface area contributed by atoms with Crippen molar-refractivity contribution in [3.8, 4) is 11.5 Å². The number of hydrogen-bond acceptors (Lipinski definition) is 5. The molecule has 0 aliphatic heterocycles. The van der Waals surface area contributed by atoms with Crippen molar-refractivity contribution in [1.29, 1.82) is 0 Å². The Bertz CT molecular complexity index is 1260. The molecule has 3 aromatic carbocycles. The summed E-state index contributed by atoms with van der Waals surface area (Å²) in [7, 11) is -0.873. The lowest BCUT2D eigenvalue weighted by Gasteiger charge is -2.26. The van der Waals surface area contributed by atoms with Crippen LogP contribution in [0.15, 0.2) is 71.6 Å². The van der Waals surface area contributed by atoms with Gasteiger partial charge < -0.3 is 14.8 Å². The van der Waals surface area contributed by atoms with Crippen LogP contribution in [0.4, 0.5) is 5.69 Å². The summed E-state index contributed by atoms with van der Waals surface area (Å²) in [4.78, 5) is 13.2. The lowest BCUT2D eigenvalue weighted by molar-refractivity contribution is -0.120. The summed E-state index contributed by atoms with van der Waals surface area (Å²) in [5, 5.41) is 2.90. The van der Waals surface area contributed by atoms with Gasteiger partial charge in [0.25, 0.3) is 10.0 Å². The molecule has 0 heterocycles. The zero-order valence-corrected chi connectivity index (χ0v) is 20.8. The zero-order chi connectivity index (χ0) is 24.9. The summed E-state index contributed by atoms with van der Waals surface area (Å²) in [6.45, 7) is 5.23. The van der Waals surface area contributed by atoms with Gasteiger partial charge in [-0.15, -0.1) is 0 Å². The number of aryl methyl sites for hydroxylation is 2. The maximum atomic E-state index is 13.5. The highest BCUT2D eigenvalue weighted by molar-refractivity contribution is 7.92. The van der Waals surface area contributed by atoms with Crippen LogP contribution in [0.3, 0.4) is 0 Å². The smallest absolute Gasteiger partial charge is 0.264 e. The number of ether oxygens (including phenoxy) is 2. The third-order valence-corrected chi connectivity index (χ3v) is 7.30. The molecular formula is C26H30N2O5S. The molecule has 0 aliphatic carbocycles. The van der Waals surface area contributed by atoms with Crippen molar-refractivity contribution in [3.63, 3.8) is 0 Å². The minimum atomic E-state index is -3.97. The van der Waals surface area contributed by atoms with Crippen LogP contribution in [-0.2, 0) is 14.8 Å². The quantitative estimate of drug-likeness (QED) is 0.489. The molecule has 0 aromatic heterocycles. The maximum absolute atomic E-state index is 13.5. The molecule has 34 heavy (non-hydrogen) atoms. The molecule has 1 amide bonds. The first-order chi connectivity index (χ1) is 16.2. The molecule has 0 fully saturated rings. The van der Waals surface area contributed by atoms with Crippen molar-refractivity contribution in [2.75, 3.05) is 25.1 Å². The molecule has 1 N–H and O–H groups in total. The lowest BCUT2D eigenvalue weighted by atomic mass is 10.1. The lowest BCUT2D eigenvalue weighted by Crippen LogP contribution is -2.42. The molecule has 8 heteroatoms. The molecular weight excluding hydrogens is 452 g/mol. The molecule has 0 spiro atoms. The normalized spacial score (nSPS) is 12.0. The fourth-order valence-electron chi connectivity index (χ4n) is 3.73. The predicted octanol–water partition coefficient (Wildman–Crippen LogP) is 4.39. The molecule has 0 unspecified atom stereocenters. The number of hydrogen-bond donors (Lipinski definition) is 1. The largest absolute Gasteiger partial charge is 0.493 e. The minimum Gasteiger partial charge on any atom is -0.493 e. The topological polar surface area (TPSA) is 84.9 Å². The number of carbonyl (C=O) groups is 1. The van der Waals surface area contributed by atoms with Crippen molar-refractivity contribution in [1.82, 2.24) is 5.32 Å². The molecule has 7 nitrogen and oxygen atoms in total. The van der Waals surface area contributed by atoms with Gasteiger partial charge in [0.05, 0.1) is 30.8 Å². The van der Waals surface area contributed by atoms with Crippen molar-refractivity contribution < 1.29 is 22.7 Å². The van der Waals surface area contributed by atoms with Crippen LogP contribution < -0.4 is 19.1 Å². The molecule has 3 rings (SSSR count). The summed E-state index contributed by atoms with van der Waals surface area (Å²) in [5.41, 5.74) is 3.03. The van der Waals surface area contributed by atoms with Gasteiger partial charge in [-0.3, -0.25) is 9.10 Å². The van der Waals surface area contributed by atoms with Crippen molar-refractivity contribution in [2.45, 2.75) is 31.7 Å². The van der Waals surface area contributed by atoms with E-state index in [0.717, 1.165) is 21.0 Å². The second kappa shape index (κ2) is 10.6. The molecule has 0 saturated carbocycles. The first kappa shape index (κ1) is 25.1. The van der Waals surface area contributed by atoms with Gasteiger partial charge in [-0.1, -0.05) is 42.0 Å². The Kier molecular flexibility index (Phi) is 7.83. The van der Waals surface area contributed by atoms with E-state index in [1.165, 1.54) is 12.1 Å². The summed E-state index contributed by atoms with van der Waals surface area (Å²) < 4.78 is 38.8. The zero-order valence-electron chi connectivity index (χ0n) is 20.0. The summed E-state index contributed by atoms with van der Waals surface area (Å²) in [6, 6.07) is 18.6. The maximum Gasteiger partial charge on any atom is 0.264 e. The van der Waals surface area contributed by atoms with E-state index in [2.05, 4.69) is 5.32 Å². The van der Waals surface area contributed by atoms with Gasteiger partial charge in [0, 0.05) is 0 Å². The average molecular weight is 483 g/mol. The number of nitrogens with zero attached hydrogens (tertiary/aromatic N) is 1. The minimum absolute atomic E-state index is 0.121. The van der Waals surface area contributed by atoms with Crippen LogP contribution in [0.5, 0.6) is 11.5 Å². The van der Waals surface area contributed by atoms with E-state index in [9.17, 15) is 13.2 Å². The molecule has 0 bridgehead atoms. The van der Waals surface area contributed by atoms with E-state index in [-0.39, 0.29) is 17.5 Å². The van der Waals surface area contributed by atoms with Crippen molar-refractivity contribution in [3.05, 3.63) is 83.4 Å². The fourth-order valence-corrected chi connectivity index (χ4v) is 5.23. The first-order valence-corrected chi connectivity index (χ1v) is 12.3. The molecule has 3 aromatic rings. The van der Waals surface area contributed by atoms with E-state index in [0.29, 0.717) is 17.2 Å². The predicted molar refractivity (Wildman–Crippen MR) is 133 cm³/mol.